The molecule has 1 rings (SSSR count). The molecule has 0 atom stereocenters. The van der Waals surface area contributed by atoms with Gasteiger partial charge in [-0.1, -0.05) is 15.9 Å². The molecule has 0 radical (unpaired) electrons. The average molecular weight is 378 g/mol. The van der Waals surface area contributed by atoms with Crippen LogP contribution in [-0.2, 0) is 14.8 Å². The van der Waals surface area contributed by atoms with Crippen molar-refractivity contribution in [3.8, 4) is 0 Å². The fraction of sp³-hybridized carbons (Fsp3) is 0.462. The van der Waals surface area contributed by atoms with E-state index in [4.69, 9.17) is 5.73 Å². The number of carbonyl (C=O) groups is 1. The van der Waals surface area contributed by atoms with Crippen molar-refractivity contribution in [2.45, 2.75) is 25.2 Å². The predicted octanol–water partition coefficient (Wildman–Crippen LogP) is 1.57. The second-order valence-corrected chi connectivity index (χ2v) is 7.05. The molecule has 6 nitrogen and oxygen atoms in total. The summed E-state index contributed by atoms with van der Waals surface area (Å²) in [5.41, 5.74) is 5.85. The highest BCUT2D eigenvalue weighted by atomic mass is 79.9. The molecule has 0 saturated carbocycles. The quantitative estimate of drug-likeness (QED) is 0.705. The van der Waals surface area contributed by atoms with Gasteiger partial charge in [-0.25, -0.2) is 13.1 Å². The maximum Gasteiger partial charge on any atom is 0.242 e. The Morgan fingerprint density at radius 3 is 2.52 bits per heavy atom. The highest BCUT2D eigenvalue weighted by Gasteiger charge is 2.18. The Morgan fingerprint density at radius 2 is 1.95 bits per heavy atom. The third-order valence-electron chi connectivity index (χ3n) is 3.01. The minimum atomic E-state index is -3.72. The number of amides is 1. The predicted molar refractivity (Wildman–Crippen MR) is 86.3 cm³/mol. The molecule has 0 unspecified atom stereocenters. The average Bonchev–Trinajstić information content (AvgIpc) is 2.42. The van der Waals surface area contributed by atoms with Crippen molar-refractivity contribution in [3.63, 3.8) is 0 Å². The fourth-order valence-corrected chi connectivity index (χ4v) is 3.54. The Hall–Kier alpha value is -1.12. The molecule has 0 aliphatic carbocycles. The van der Waals surface area contributed by atoms with Gasteiger partial charge in [-0.2, -0.15) is 0 Å². The van der Waals surface area contributed by atoms with Crippen molar-refractivity contribution in [2.75, 3.05) is 25.4 Å². The van der Waals surface area contributed by atoms with Crippen LogP contribution in [0.1, 0.15) is 20.3 Å². The van der Waals surface area contributed by atoms with Crippen LogP contribution in [0.4, 0.5) is 5.69 Å². The molecule has 118 valence electrons. The highest BCUT2D eigenvalue weighted by Crippen LogP contribution is 2.22. The first-order valence-corrected chi connectivity index (χ1v) is 8.91. The van der Waals surface area contributed by atoms with Crippen LogP contribution in [0.2, 0.25) is 0 Å². The third kappa shape index (κ3) is 4.98. The van der Waals surface area contributed by atoms with Gasteiger partial charge in [-0.3, -0.25) is 4.79 Å². The first-order chi connectivity index (χ1) is 9.81. The SMILES string of the molecule is CCN(CC)C(=O)CCNS(=O)(=O)c1cc(Br)ccc1N. The van der Waals surface area contributed by atoms with Crippen LogP contribution < -0.4 is 10.5 Å². The smallest absolute Gasteiger partial charge is 0.242 e. The molecule has 0 aliphatic heterocycles. The van der Waals surface area contributed by atoms with Crippen molar-refractivity contribution in [1.82, 2.24) is 9.62 Å². The molecular formula is C13H20BrN3O3S. The number of anilines is 1. The van der Waals surface area contributed by atoms with Crippen molar-refractivity contribution in [3.05, 3.63) is 22.7 Å². The Balaban J connectivity index is 2.70. The minimum absolute atomic E-state index is 0.00663. The van der Waals surface area contributed by atoms with E-state index in [1.807, 2.05) is 13.8 Å². The second-order valence-electron chi connectivity index (χ2n) is 4.40. The Labute approximate surface area is 133 Å². The number of halogens is 1. The molecule has 8 heteroatoms. The monoisotopic (exact) mass is 377 g/mol. The first kappa shape index (κ1) is 17.9. The third-order valence-corrected chi connectivity index (χ3v) is 5.02. The molecule has 0 aromatic heterocycles. The van der Waals surface area contributed by atoms with Gasteiger partial charge in [0.15, 0.2) is 0 Å². The maximum atomic E-state index is 12.2. The zero-order valence-corrected chi connectivity index (χ0v) is 14.5. The zero-order chi connectivity index (χ0) is 16.0. The van der Waals surface area contributed by atoms with Crippen LogP contribution in [0.5, 0.6) is 0 Å². The molecular weight excluding hydrogens is 358 g/mol. The summed E-state index contributed by atoms with van der Waals surface area (Å²) in [6, 6.07) is 4.61. The Kier molecular flexibility index (Phi) is 6.63. The van der Waals surface area contributed by atoms with Crippen molar-refractivity contribution < 1.29 is 13.2 Å². The first-order valence-electron chi connectivity index (χ1n) is 6.64. The number of rotatable bonds is 7. The normalized spacial score (nSPS) is 11.4. The number of sulfonamides is 1. The molecule has 1 aromatic rings. The molecule has 0 bridgehead atoms. The van der Waals surface area contributed by atoms with Gasteiger partial charge in [0.2, 0.25) is 15.9 Å². The summed E-state index contributed by atoms with van der Waals surface area (Å²) in [6.45, 7) is 5.03. The number of nitrogens with one attached hydrogen (secondary N) is 1. The van der Waals surface area contributed by atoms with Crippen molar-refractivity contribution in [2.24, 2.45) is 0 Å². The summed E-state index contributed by atoms with van der Waals surface area (Å²) in [7, 11) is -3.72. The van der Waals surface area contributed by atoms with E-state index in [1.165, 1.54) is 12.1 Å². The number of benzene rings is 1. The van der Waals surface area contributed by atoms with Gasteiger partial charge in [0.25, 0.3) is 0 Å². The van der Waals surface area contributed by atoms with Crippen LogP contribution in [-0.4, -0.2) is 38.9 Å². The van der Waals surface area contributed by atoms with E-state index in [0.29, 0.717) is 17.6 Å². The lowest BCUT2D eigenvalue weighted by atomic mass is 10.3. The summed E-state index contributed by atoms with van der Waals surface area (Å²) < 4.78 is 27.3. The van der Waals surface area contributed by atoms with E-state index in [0.717, 1.165) is 0 Å². The van der Waals surface area contributed by atoms with Crippen LogP contribution >= 0.6 is 15.9 Å². The van der Waals surface area contributed by atoms with Gasteiger partial charge in [-0.15, -0.1) is 0 Å². The molecule has 1 amide bonds. The molecule has 0 fully saturated rings. The molecule has 21 heavy (non-hydrogen) atoms. The largest absolute Gasteiger partial charge is 0.398 e. The van der Waals surface area contributed by atoms with Crippen LogP contribution in [0.3, 0.4) is 0 Å². The lowest BCUT2D eigenvalue weighted by Crippen LogP contribution is -2.34. The molecule has 0 spiro atoms. The Bertz CT molecular complexity index is 601. The van der Waals surface area contributed by atoms with E-state index in [2.05, 4.69) is 20.7 Å². The summed E-state index contributed by atoms with van der Waals surface area (Å²) in [5.74, 6) is -0.0788. The number of carbonyl (C=O) groups excluding carboxylic acids is 1. The van der Waals surface area contributed by atoms with E-state index in [1.54, 1.807) is 11.0 Å². The summed E-state index contributed by atoms with van der Waals surface area (Å²) in [5, 5.41) is 0. The highest BCUT2D eigenvalue weighted by molar-refractivity contribution is 9.10. The topological polar surface area (TPSA) is 92.5 Å². The minimum Gasteiger partial charge on any atom is -0.398 e. The van der Waals surface area contributed by atoms with Gasteiger partial charge in [0, 0.05) is 30.5 Å². The number of nitrogens with zero attached hydrogens (tertiary/aromatic N) is 1. The van der Waals surface area contributed by atoms with Gasteiger partial charge in [0.05, 0.1) is 5.69 Å². The van der Waals surface area contributed by atoms with Crippen molar-refractivity contribution >= 4 is 37.5 Å². The maximum absolute atomic E-state index is 12.2. The van der Waals surface area contributed by atoms with E-state index < -0.39 is 10.0 Å². The fourth-order valence-electron chi connectivity index (χ4n) is 1.85. The second kappa shape index (κ2) is 7.77. The molecule has 1 aromatic carbocycles. The molecule has 0 saturated heterocycles. The lowest BCUT2D eigenvalue weighted by molar-refractivity contribution is -0.130. The van der Waals surface area contributed by atoms with Gasteiger partial charge < -0.3 is 10.6 Å². The van der Waals surface area contributed by atoms with Crippen LogP contribution in [0.25, 0.3) is 0 Å². The molecule has 3 N–H and O–H groups in total. The zero-order valence-electron chi connectivity index (χ0n) is 12.1. The van der Waals surface area contributed by atoms with Gasteiger partial charge in [0.1, 0.15) is 4.90 Å². The van der Waals surface area contributed by atoms with Crippen molar-refractivity contribution in [1.29, 1.82) is 0 Å². The number of hydrogen-bond acceptors (Lipinski definition) is 4. The number of nitrogen functional groups attached to an aromatic ring is 1. The van der Waals surface area contributed by atoms with E-state index in [9.17, 15) is 13.2 Å². The van der Waals surface area contributed by atoms with E-state index in [-0.39, 0.29) is 29.5 Å². The number of hydrogen-bond donors (Lipinski definition) is 2. The lowest BCUT2D eigenvalue weighted by Gasteiger charge is -2.18. The summed E-state index contributed by atoms with van der Waals surface area (Å²) >= 11 is 3.21. The van der Waals surface area contributed by atoms with Gasteiger partial charge >= 0.3 is 0 Å². The molecule has 0 heterocycles. The van der Waals surface area contributed by atoms with Gasteiger partial charge in [-0.05, 0) is 32.0 Å². The summed E-state index contributed by atoms with van der Waals surface area (Å²) in [4.78, 5) is 13.5. The van der Waals surface area contributed by atoms with Crippen LogP contribution in [0, 0.1) is 0 Å². The van der Waals surface area contributed by atoms with Crippen LogP contribution in [0.15, 0.2) is 27.6 Å². The van der Waals surface area contributed by atoms with E-state index >= 15 is 0 Å². The summed E-state index contributed by atoms with van der Waals surface area (Å²) in [6.07, 6.45) is 0.120. The standard InChI is InChI=1S/C13H20BrN3O3S/c1-3-17(4-2)13(18)7-8-16-21(19,20)12-9-10(14)5-6-11(12)15/h5-6,9,16H,3-4,7-8,15H2,1-2H3. The number of nitrogens with two attached hydrogens (primary N) is 1. The molecule has 0 aliphatic rings. The Morgan fingerprint density at radius 1 is 1.33 bits per heavy atom.